The Morgan fingerprint density at radius 3 is 2.00 bits per heavy atom. The number of sulfonamides is 1. The molecular weight excluding hydrogens is 484 g/mol. The first-order valence-corrected chi connectivity index (χ1v) is 14.3. The van der Waals surface area contributed by atoms with Gasteiger partial charge in [0.15, 0.2) is 5.78 Å². The second-order valence-electron chi connectivity index (χ2n) is 9.43. The van der Waals surface area contributed by atoms with Crippen LogP contribution in [0.5, 0.6) is 0 Å². The van der Waals surface area contributed by atoms with Crippen LogP contribution in [-0.2, 0) is 16.6 Å². The van der Waals surface area contributed by atoms with Crippen molar-refractivity contribution in [3.05, 3.63) is 100 Å². The summed E-state index contributed by atoms with van der Waals surface area (Å²) in [5, 5.41) is 1.31. The molecule has 1 heterocycles. The van der Waals surface area contributed by atoms with Crippen LogP contribution in [-0.4, -0.2) is 25.3 Å². The van der Waals surface area contributed by atoms with E-state index >= 15 is 0 Å². The zero-order valence-corrected chi connectivity index (χ0v) is 21.5. The molecule has 3 aromatic carbocycles. The normalized spacial score (nSPS) is 12.6. The maximum atomic E-state index is 13.4. The third-order valence-corrected chi connectivity index (χ3v) is 8.46. The molecule has 1 aliphatic rings. The molecule has 0 saturated heterocycles. The molecule has 190 valence electrons. The van der Waals surface area contributed by atoms with E-state index in [1.807, 2.05) is 42.5 Å². The summed E-state index contributed by atoms with van der Waals surface area (Å²) in [7, 11) is -3.45. The first-order valence-electron chi connectivity index (χ1n) is 12.8. The molecule has 1 aromatic heterocycles. The van der Waals surface area contributed by atoms with Gasteiger partial charge in [-0.2, -0.15) is 0 Å². The van der Waals surface area contributed by atoms with E-state index in [2.05, 4.69) is 4.72 Å². The minimum atomic E-state index is -3.45. The molecule has 0 amide bonds. The Balaban J connectivity index is 1.17. The van der Waals surface area contributed by atoms with Crippen LogP contribution < -0.4 is 10.3 Å². The number of carbonyl (C=O) groups is 1. The van der Waals surface area contributed by atoms with Gasteiger partial charge in [-0.05, 0) is 31.0 Å². The predicted octanol–water partition coefficient (Wildman–Crippen LogP) is 5.53. The van der Waals surface area contributed by atoms with Crippen LogP contribution in [0.15, 0.2) is 88.6 Å². The van der Waals surface area contributed by atoms with Crippen molar-refractivity contribution in [2.45, 2.75) is 50.0 Å². The lowest BCUT2D eigenvalue weighted by Gasteiger charge is -2.15. The number of hydrogen-bond acceptors (Lipinski definition) is 4. The van der Waals surface area contributed by atoms with Crippen LogP contribution in [0.3, 0.4) is 0 Å². The lowest BCUT2D eigenvalue weighted by Crippen LogP contribution is -2.24. The van der Waals surface area contributed by atoms with Gasteiger partial charge in [0.2, 0.25) is 10.0 Å². The molecule has 0 atom stereocenters. The number of benzene rings is 3. The Kier molecular flexibility index (Phi) is 7.35. The Hall–Kier alpha value is -3.55. The van der Waals surface area contributed by atoms with E-state index in [-0.39, 0.29) is 16.2 Å². The highest BCUT2D eigenvalue weighted by Crippen LogP contribution is 2.39. The average molecular weight is 515 g/mol. The smallest absolute Gasteiger partial charge is 0.258 e. The van der Waals surface area contributed by atoms with Gasteiger partial charge in [-0.15, -0.1) is 0 Å². The molecule has 5 rings (SSSR count). The number of pyridine rings is 1. The first-order chi connectivity index (χ1) is 18.0. The SMILES string of the molecule is O=C1c2ccccc2-c2c1c1ccccc1c(=O)n2CCCCCCCCNS(=O)(=O)c1ccccc1. The summed E-state index contributed by atoms with van der Waals surface area (Å²) >= 11 is 0. The third-order valence-electron chi connectivity index (χ3n) is 6.99. The highest BCUT2D eigenvalue weighted by atomic mass is 32.2. The third kappa shape index (κ3) is 5.02. The molecule has 37 heavy (non-hydrogen) atoms. The number of rotatable bonds is 11. The summed E-state index contributed by atoms with van der Waals surface area (Å²) in [6.07, 6.45) is 5.51. The van der Waals surface area contributed by atoms with Crippen LogP contribution in [0.1, 0.15) is 54.4 Å². The Labute approximate surface area is 217 Å². The molecule has 0 bridgehead atoms. The van der Waals surface area contributed by atoms with Crippen LogP contribution >= 0.6 is 0 Å². The van der Waals surface area contributed by atoms with Crippen molar-refractivity contribution < 1.29 is 13.2 Å². The molecule has 0 aliphatic heterocycles. The number of nitrogens with zero attached hydrogens (tertiary/aromatic N) is 1. The minimum absolute atomic E-state index is 0.0153. The van der Waals surface area contributed by atoms with Gasteiger partial charge < -0.3 is 4.57 Å². The Bertz CT molecular complexity index is 1610. The van der Waals surface area contributed by atoms with Crippen LogP contribution in [0.4, 0.5) is 0 Å². The molecule has 0 unspecified atom stereocenters. The standard InChI is InChI=1S/C30H30N2O4S/c33-29-25-18-10-9-17-24(25)28-27(29)23-16-8-11-19-26(23)30(34)32(28)21-13-4-2-1-3-12-20-31-37(35,36)22-14-6-5-7-15-22/h5-11,14-19,31H,1-4,12-13,20-21H2. The molecule has 4 aromatic rings. The second kappa shape index (κ2) is 10.8. The topological polar surface area (TPSA) is 85.2 Å². The van der Waals surface area contributed by atoms with Crippen molar-refractivity contribution in [3.63, 3.8) is 0 Å². The van der Waals surface area contributed by atoms with Crippen LogP contribution in [0, 0.1) is 0 Å². The van der Waals surface area contributed by atoms with Crippen molar-refractivity contribution >= 4 is 26.6 Å². The lowest BCUT2D eigenvalue weighted by molar-refractivity contribution is 0.104. The highest BCUT2D eigenvalue weighted by molar-refractivity contribution is 7.89. The number of unbranched alkanes of at least 4 members (excludes halogenated alkanes) is 5. The summed E-state index contributed by atoms with van der Waals surface area (Å²) in [5.41, 5.74) is 2.82. The average Bonchev–Trinajstić information content (AvgIpc) is 3.22. The minimum Gasteiger partial charge on any atom is -0.307 e. The molecule has 7 heteroatoms. The Morgan fingerprint density at radius 1 is 0.649 bits per heavy atom. The van der Waals surface area contributed by atoms with Crippen molar-refractivity contribution in [1.82, 2.24) is 9.29 Å². The van der Waals surface area contributed by atoms with E-state index in [0.717, 1.165) is 55.2 Å². The number of hydrogen-bond donors (Lipinski definition) is 1. The number of carbonyl (C=O) groups excluding carboxylic acids is 1. The van der Waals surface area contributed by atoms with E-state index in [0.29, 0.717) is 29.6 Å². The fourth-order valence-electron chi connectivity index (χ4n) is 5.13. The zero-order chi connectivity index (χ0) is 25.8. The van der Waals surface area contributed by atoms with Gasteiger partial charge in [-0.3, -0.25) is 9.59 Å². The molecule has 0 spiro atoms. The number of nitrogens with one attached hydrogen (secondary N) is 1. The van der Waals surface area contributed by atoms with Gasteiger partial charge in [0.1, 0.15) is 0 Å². The van der Waals surface area contributed by atoms with E-state index in [9.17, 15) is 18.0 Å². The fraction of sp³-hybridized carbons (Fsp3) is 0.267. The van der Waals surface area contributed by atoms with E-state index < -0.39 is 10.0 Å². The largest absolute Gasteiger partial charge is 0.307 e. The summed E-state index contributed by atoms with van der Waals surface area (Å²) in [5.74, 6) is -0.0153. The summed E-state index contributed by atoms with van der Waals surface area (Å²) < 4.78 is 29.0. The lowest BCUT2D eigenvalue weighted by atomic mass is 10.0. The number of ketones is 1. The maximum Gasteiger partial charge on any atom is 0.258 e. The van der Waals surface area contributed by atoms with E-state index in [4.69, 9.17) is 0 Å². The van der Waals surface area contributed by atoms with Gasteiger partial charge in [-0.1, -0.05) is 86.3 Å². The predicted molar refractivity (Wildman–Crippen MR) is 146 cm³/mol. The van der Waals surface area contributed by atoms with Gasteiger partial charge in [-0.25, -0.2) is 13.1 Å². The highest BCUT2D eigenvalue weighted by Gasteiger charge is 2.32. The monoisotopic (exact) mass is 514 g/mol. The van der Waals surface area contributed by atoms with Crippen LogP contribution in [0.25, 0.3) is 22.0 Å². The van der Waals surface area contributed by atoms with Crippen molar-refractivity contribution in [3.8, 4) is 11.3 Å². The van der Waals surface area contributed by atoms with Crippen molar-refractivity contribution in [2.75, 3.05) is 6.54 Å². The Morgan fingerprint density at radius 2 is 1.24 bits per heavy atom. The summed E-state index contributed by atoms with van der Waals surface area (Å²) in [4.78, 5) is 27.0. The quantitative estimate of drug-likeness (QED) is 0.235. The van der Waals surface area contributed by atoms with Gasteiger partial charge in [0.25, 0.3) is 5.56 Å². The summed E-state index contributed by atoms with van der Waals surface area (Å²) in [6, 6.07) is 23.3. The number of aromatic nitrogens is 1. The molecule has 0 radical (unpaired) electrons. The maximum absolute atomic E-state index is 13.4. The first kappa shape index (κ1) is 25.1. The molecule has 6 nitrogen and oxygen atoms in total. The van der Waals surface area contributed by atoms with Crippen molar-refractivity contribution in [1.29, 1.82) is 0 Å². The molecular formula is C30H30N2O4S. The summed E-state index contributed by atoms with van der Waals surface area (Å²) in [6.45, 7) is 0.980. The van der Waals surface area contributed by atoms with Crippen molar-refractivity contribution in [2.24, 2.45) is 0 Å². The molecule has 1 aliphatic carbocycles. The number of fused-ring (bicyclic) bond motifs is 5. The molecule has 0 fully saturated rings. The van der Waals surface area contributed by atoms with Gasteiger partial charge in [0.05, 0.1) is 16.2 Å². The zero-order valence-electron chi connectivity index (χ0n) is 20.7. The van der Waals surface area contributed by atoms with Gasteiger partial charge >= 0.3 is 0 Å². The fourth-order valence-corrected chi connectivity index (χ4v) is 6.23. The molecule has 0 saturated carbocycles. The van der Waals surface area contributed by atoms with Crippen LogP contribution in [0.2, 0.25) is 0 Å². The van der Waals surface area contributed by atoms with Gasteiger partial charge in [0, 0.05) is 35.0 Å². The second-order valence-corrected chi connectivity index (χ2v) is 11.2. The van der Waals surface area contributed by atoms with E-state index in [1.165, 1.54) is 0 Å². The molecule has 1 N–H and O–H groups in total. The van der Waals surface area contributed by atoms with E-state index in [1.54, 1.807) is 41.0 Å².